The number of sulfonamides is 1. The van der Waals surface area contributed by atoms with E-state index in [2.05, 4.69) is 38.2 Å². The fourth-order valence-corrected chi connectivity index (χ4v) is 5.11. The van der Waals surface area contributed by atoms with Crippen molar-refractivity contribution in [3.8, 4) is 0 Å². The van der Waals surface area contributed by atoms with E-state index in [-0.39, 0.29) is 16.2 Å². The van der Waals surface area contributed by atoms with Crippen LogP contribution in [0.15, 0.2) is 59.5 Å². The van der Waals surface area contributed by atoms with E-state index in [0.717, 1.165) is 31.2 Å². The summed E-state index contributed by atoms with van der Waals surface area (Å²) in [6.45, 7) is 7.63. The summed E-state index contributed by atoms with van der Waals surface area (Å²) in [5, 5.41) is 2.78. The smallest absolute Gasteiger partial charge is 0.248 e. The molecule has 1 aliphatic heterocycles. The first kappa shape index (κ1) is 23.2. The summed E-state index contributed by atoms with van der Waals surface area (Å²) in [5.74, 6) is -0.261. The number of nitrogens with one attached hydrogen (secondary N) is 1. The van der Waals surface area contributed by atoms with Crippen molar-refractivity contribution in [2.24, 2.45) is 0 Å². The number of carbonyl (C=O) groups excluding carboxylic acids is 1. The van der Waals surface area contributed by atoms with Gasteiger partial charge >= 0.3 is 0 Å². The summed E-state index contributed by atoms with van der Waals surface area (Å²) in [6.07, 6.45) is 7.20. The molecule has 1 N–H and O–H groups in total. The topological polar surface area (TPSA) is 66.5 Å². The van der Waals surface area contributed by atoms with Crippen molar-refractivity contribution in [3.63, 3.8) is 0 Å². The average molecular weight is 441 g/mol. The quantitative estimate of drug-likeness (QED) is 0.650. The van der Waals surface area contributed by atoms with Gasteiger partial charge < -0.3 is 5.32 Å². The number of amides is 1. The molecule has 2 aromatic rings. The molecule has 2 aromatic carbocycles. The molecule has 0 aliphatic carbocycles. The van der Waals surface area contributed by atoms with Crippen LogP contribution in [-0.2, 0) is 20.2 Å². The SMILES string of the molecule is CC(C)(C)c1ccc(/C=C/C(=O)Nc2ccc(S(=O)(=O)N3CCCCCC3)cc2)cc1. The summed E-state index contributed by atoms with van der Waals surface area (Å²) in [4.78, 5) is 12.5. The molecule has 0 unspecified atom stereocenters. The first-order valence-corrected chi connectivity index (χ1v) is 12.3. The molecule has 1 fully saturated rings. The molecule has 3 rings (SSSR count). The lowest BCUT2D eigenvalue weighted by Crippen LogP contribution is -2.31. The molecule has 1 aliphatic rings. The predicted octanol–water partition coefficient (Wildman–Crippen LogP) is 5.20. The van der Waals surface area contributed by atoms with Gasteiger partial charge in [-0.25, -0.2) is 8.42 Å². The van der Waals surface area contributed by atoms with Gasteiger partial charge in [0, 0.05) is 24.9 Å². The second-order valence-corrected chi connectivity index (χ2v) is 11.0. The second kappa shape index (κ2) is 9.79. The van der Waals surface area contributed by atoms with Crippen LogP contribution in [0.1, 0.15) is 57.6 Å². The summed E-state index contributed by atoms with van der Waals surface area (Å²) in [5.41, 5.74) is 2.84. The van der Waals surface area contributed by atoms with E-state index in [9.17, 15) is 13.2 Å². The van der Waals surface area contributed by atoms with Gasteiger partial charge in [-0.15, -0.1) is 0 Å². The molecule has 1 amide bonds. The number of benzene rings is 2. The monoisotopic (exact) mass is 440 g/mol. The van der Waals surface area contributed by atoms with Crippen molar-refractivity contribution in [1.29, 1.82) is 0 Å². The fourth-order valence-electron chi connectivity index (χ4n) is 3.59. The molecular formula is C25H32N2O3S. The zero-order chi connectivity index (χ0) is 22.5. The molecule has 6 heteroatoms. The minimum Gasteiger partial charge on any atom is -0.323 e. The van der Waals surface area contributed by atoms with Crippen molar-refractivity contribution in [2.45, 2.75) is 56.8 Å². The first-order valence-electron chi connectivity index (χ1n) is 10.9. The minimum atomic E-state index is -3.48. The molecule has 31 heavy (non-hydrogen) atoms. The molecule has 1 saturated heterocycles. The Balaban J connectivity index is 1.61. The summed E-state index contributed by atoms with van der Waals surface area (Å²) >= 11 is 0. The maximum Gasteiger partial charge on any atom is 0.248 e. The van der Waals surface area contributed by atoms with Gasteiger partial charge in [0.2, 0.25) is 15.9 Å². The Hall–Kier alpha value is -2.44. The Morgan fingerprint density at radius 3 is 2.03 bits per heavy atom. The summed E-state index contributed by atoms with van der Waals surface area (Å²) in [7, 11) is -3.48. The van der Waals surface area contributed by atoms with E-state index in [4.69, 9.17) is 0 Å². The summed E-state index contributed by atoms with van der Waals surface area (Å²) in [6, 6.07) is 14.5. The van der Waals surface area contributed by atoms with Crippen molar-refractivity contribution in [2.75, 3.05) is 18.4 Å². The van der Waals surface area contributed by atoms with Crippen molar-refractivity contribution < 1.29 is 13.2 Å². The maximum absolute atomic E-state index is 12.8. The minimum absolute atomic E-state index is 0.0898. The third-order valence-electron chi connectivity index (χ3n) is 5.53. The van der Waals surface area contributed by atoms with E-state index >= 15 is 0 Å². The number of rotatable bonds is 5. The molecule has 0 bridgehead atoms. The highest BCUT2D eigenvalue weighted by atomic mass is 32.2. The highest BCUT2D eigenvalue weighted by molar-refractivity contribution is 7.89. The number of nitrogens with zero attached hydrogens (tertiary/aromatic N) is 1. The zero-order valence-electron chi connectivity index (χ0n) is 18.6. The maximum atomic E-state index is 12.8. The Bertz CT molecular complexity index is 1010. The molecule has 0 spiro atoms. The number of carbonyl (C=O) groups is 1. The van der Waals surface area contributed by atoms with Crippen LogP contribution in [0, 0.1) is 0 Å². The fraction of sp³-hybridized carbons (Fsp3) is 0.400. The van der Waals surface area contributed by atoms with Crippen LogP contribution in [0.5, 0.6) is 0 Å². The van der Waals surface area contributed by atoms with E-state index in [1.165, 1.54) is 11.6 Å². The van der Waals surface area contributed by atoms with Crippen LogP contribution >= 0.6 is 0 Å². The van der Waals surface area contributed by atoms with Gasteiger partial charge in [-0.3, -0.25) is 4.79 Å². The van der Waals surface area contributed by atoms with Crippen molar-refractivity contribution in [3.05, 3.63) is 65.7 Å². The molecule has 0 radical (unpaired) electrons. The normalized spacial score (nSPS) is 16.2. The zero-order valence-corrected chi connectivity index (χ0v) is 19.4. The van der Waals surface area contributed by atoms with Crippen LogP contribution in [0.2, 0.25) is 0 Å². The standard InChI is InChI=1S/C25H32N2O3S/c1-25(2,3)21-11-8-20(9-12-21)10-17-24(28)26-22-13-15-23(16-14-22)31(29,30)27-18-6-4-5-7-19-27/h8-17H,4-7,18-19H2,1-3H3,(H,26,28)/b17-10+. The van der Waals surface area contributed by atoms with Crippen LogP contribution in [0.4, 0.5) is 5.69 Å². The Morgan fingerprint density at radius 2 is 1.48 bits per heavy atom. The first-order chi connectivity index (χ1) is 14.7. The predicted molar refractivity (Wildman–Crippen MR) is 126 cm³/mol. The van der Waals surface area contributed by atoms with E-state index in [1.807, 2.05) is 12.1 Å². The van der Waals surface area contributed by atoms with Gasteiger partial charge in [-0.1, -0.05) is 57.9 Å². The number of hydrogen-bond acceptors (Lipinski definition) is 3. The van der Waals surface area contributed by atoms with E-state index < -0.39 is 10.0 Å². The van der Waals surface area contributed by atoms with Gasteiger partial charge in [0.25, 0.3) is 0 Å². The highest BCUT2D eigenvalue weighted by Crippen LogP contribution is 2.23. The van der Waals surface area contributed by atoms with E-state index in [1.54, 1.807) is 34.6 Å². The Kier molecular flexibility index (Phi) is 7.34. The molecular weight excluding hydrogens is 408 g/mol. The lowest BCUT2D eigenvalue weighted by molar-refractivity contribution is -0.111. The van der Waals surface area contributed by atoms with Gasteiger partial charge in [0.15, 0.2) is 0 Å². The molecule has 0 aromatic heterocycles. The molecule has 0 atom stereocenters. The van der Waals surface area contributed by atoms with Crippen molar-refractivity contribution >= 4 is 27.7 Å². The molecule has 0 saturated carbocycles. The molecule has 1 heterocycles. The van der Waals surface area contributed by atoms with E-state index in [0.29, 0.717) is 18.8 Å². The molecule has 166 valence electrons. The second-order valence-electron chi connectivity index (χ2n) is 9.04. The van der Waals surface area contributed by atoms with Crippen LogP contribution in [-0.4, -0.2) is 31.7 Å². The van der Waals surface area contributed by atoms with Gasteiger partial charge in [0.05, 0.1) is 4.90 Å². The van der Waals surface area contributed by atoms with Gasteiger partial charge in [-0.2, -0.15) is 4.31 Å². The Morgan fingerprint density at radius 1 is 0.903 bits per heavy atom. The summed E-state index contributed by atoms with van der Waals surface area (Å²) < 4.78 is 27.3. The number of hydrogen-bond donors (Lipinski definition) is 1. The highest BCUT2D eigenvalue weighted by Gasteiger charge is 2.24. The number of anilines is 1. The lowest BCUT2D eigenvalue weighted by atomic mass is 9.87. The third kappa shape index (κ3) is 6.28. The van der Waals surface area contributed by atoms with Gasteiger partial charge in [-0.05, 0) is 59.7 Å². The van der Waals surface area contributed by atoms with Crippen LogP contribution < -0.4 is 5.32 Å². The van der Waals surface area contributed by atoms with Gasteiger partial charge in [0.1, 0.15) is 0 Å². The van der Waals surface area contributed by atoms with Crippen LogP contribution in [0.3, 0.4) is 0 Å². The Labute approximate surface area is 186 Å². The molecule has 5 nitrogen and oxygen atoms in total. The van der Waals surface area contributed by atoms with Crippen LogP contribution in [0.25, 0.3) is 6.08 Å². The largest absolute Gasteiger partial charge is 0.323 e. The van der Waals surface area contributed by atoms with Crippen molar-refractivity contribution in [1.82, 2.24) is 4.31 Å². The third-order valence-corrected chi connectivity index (χ3v) is 7.44. The average Bonchev–Trinajstić information content (AvgIpc) is 3.02. The lowest BCUT2D eigenvalue weighted by Gasteiger charge is -2.20.